The van der Waals surface area contributed by atoms with Crippen LogP contribution in [0.5, 0.6) is 0 Å². The van der Waals surface area contributed by atoms with Crippen molar-refractivity contribution in [1.29, 1.82) is 0 Å². The Morgan fingerprint density at radius 1 is 1.64 bits per heavy atom. The Kier molecular flexibility index (Phi) is 2.99. The van der Waals surface area contributed by atoms with E-state index in [9.17, 15) is 5.11 Å². The number of rotatable bonds is 2. The molecule has 0 aliphatic carbocycles. The Labute approximate surface area is 73.4 Å². The molecule has 0 radical (unpaired) electrons. The first-order chi connectivity index (χ1) is 5.24. The van der Waals surface area contributed by atoms with Crippen molar-refractivity contribution >= 4 is 15.9 Å². The van der Waals surface area contributed by atoms with Gasteiger partial charge in [-0.2, -0.15) is 0 Å². The van der Waals surface area contributed by atoms with Crippen LogP contribution >= 0.6 is 15.9 Å². The summed E-state index contributed by atoms with van der Waals surface area (Å²) in [7, 11) is 0. The highest BCUT2D eigenvalue weighted by Crippen LogP contribution is 2.12. The van der Waals surface area contributed by atoms with Gasteiger partial charge in [-0.05, 0) is 22.0 Å². The summed E-state index contributed by atoms with van der Waals surface area (Å²) in [5, 5.41) is 9.24. The molecule has 0 aliphatic heterocycles. The summed E-state index contributed by atoms with van der Waals surface area (Å²) in [6, 6.07) is 3.56. The lowest BCUT2D eigenvalue weighted by Crippen LogP contribution is -2.11. The monoisotopic (exact) mass is 216 g/mol. The molecule has 4 heteroatoms. The number of nitrogens with two attached hydrogens (primary N) is 1. The first-order valence-electron chi connectivity index (χ1n) is 3.23. The van der Waals surface area contributed by atoms with Crippen LogP contribution in [0.2, 0.25) is 0 Å². The molecule has 3 nitrogen and oxygen atoms in total. The predicted octanol–water partition coefficient (Wildman–Crippen LogP) is 0.836. The van der Waals surface area contributed by atoms with E-state index < -0.39 is 6.10 Å². The second-order valence-electron chi connectivity index (χ2n) is 2.17. The van der Waals surface area contributed by atoms with Crippen LogP contribution < -0.4 is 5.73 Å². The third-order valence-corrected chi connectivity index (χ3v) is 1.83. The maximum Gasteiger partial charge on any atom is 0.106 e. The van der Waals surface area contributed by atoms with Crippen molar-refractivity contribution in [2.75, 3.05) is 6.54 Å². The van der Waals surface area contributed by atoms with E-state index in [1.54, 1.807) is 18.3 Å². The molecule has 1 aromatic rings. The van der Waals surface area contributed by atoms with Gasteiger partial charge in [0.1, 0.15) is 4.60 Å². The van der Waals surface area contributed by atoms with Crippen molar-refractivity contribution in [1.82, 2.24) is 4.98 Å². The molecule has 1 atom stereocenters. The van der Waals surface area contributed by atoms with Crippen LogP contribution in [0.1, 0.15) is 11.7 Å². The van der Waals surface area contributed by atoms with Gasteiger partial charge in [-0.15, -0.1) is 0 Å². The normalized spacial score (nSPS) is 13.0. The van der Waals surface area contributed by atoms with Gasteiger partial charge in [-0.3, -0.25) is 0 Å². The van der Waals surface area contributed by atoms with E-state index in [4.69, 9.17) is 5.73 Å². The van der Waals surface area contributed by atoms with Gasteiger partial charge in [-0.1, -0.05) is 6.07 Å². The second kappa shape index (κ2) is 3.80. The maximum atomic E-state index is 9.24. The van der Waals surface area contributed by atoms with Crippen molar-refractivity contribution in [2.24, 2.45) is 5.73 Å². The molecule has 0 spiro atoms. The molecule has 0 saturated heterocycles. The topological polar surface area (TPSA) is 59.1 Å². The molecule has 1 heterocycles. The summed E-state index contributed by atoms with van der Waals surface area (Å²) in [5.74, 6) is 0. The molecule has 3 N–H and O–H groups in total. The largest absolute Gasteiger partial charge is 0.387 e. The van der Waals surface area contributed by atoms with Crippen molar-refractivity contribution < 1.29 is 5.11 Å². The fraction of sp³-hybridized carbons (Fsp3) is 0.286. The minimum absolute atomic E-state index is 0.226. The van der Waals surface area contributed by atoms with Gasteiger partial charge in [0.2, 0.25) is 0 Å². The van der Waals surface area contributed by atoms with Crippen LogP contribution in [0.4, 0.5) is 0 Å². The summed E-state index contributed by atoms with van der Waals surface area (Å²) in [5.41, 5.74) is 6.00. The van der Waals surface area contributed by atoms with Crippen LogP contribution in [0.3, 0.4) is 0 Å². The molecule has 0 aliphatic rings. The molecule has 0 amide bonds. The molecular weight excluding hydrogens is 208 g/mol. The van der Waals surface area contributed by atoms with Gasteiger partial charge in [0, 0.05) is 18.3 Å². The van der Waals surface area contributed by atoms with E-state index in [2.05, 4.69) is 20.9 Å². The van der Waals surface area contributed by atoms with Crippen LogP contribution in [0, 0.1) is 0 Å². The van der Waals surface area contributed by atoms with E-state index in [0.717, 1.165) is 10.2 Å². The van der Waals surface area contributed by atoms with Gasteiger partial charge >= 0.3 is 0 Å². The lowest BCUT2D eigenvalue weighted by atomic mass is 10.2. The highest BCUT2D eigenvalue weighted by Gasteiger charge is 2.03. The first-order valence-corrected chi connectivity index (χ1v) is 4.03. The minimum Gasteiger partial charge on any atom is -0.387 e. The van der Waals surface area contributed by atoms with Crippen molar-refractivity contribution in [3.05, 3.63) is 28.5 Å². The van der Waals surface area contributed by atoms with Crippen LogP contribution in [0.25, 0.3) is 0 Å². The third-order valence-electron chi connectivity index (χ3n) is 1.36. The maximum absolute atomic E-state index is 9.24. The van der Waals surface area contributed by atoms with Crippen molar-refractivity contribution in [2.45, 2.75) is 6.10 Å². The van der Waals surface area contributed by atoms with E-state index >= 15 is 0 Å². The second-order valence-corrected chi connectivity index (χ2v) is 2.98. The van der Waals surface area contributed by atoms with E-state index in [1.807, 2.05) is 0 Å². The highest BCUT2D eigenvalue weighted by atomic mass is 79.9. The molecule has 1 rings (SSSR count). The smallest absolute Gasteiger partial charge is 0.106 e. The predicted molar refractivity (Wildman–Crippen MR) is 46.0 cm³/mol. The van der Waals surface area contributed by atoms with Crippen LogP contribution in [0.15, 0.2) is 22.9 Å². The summed E-state index contributed by atoms with van der Waals surface area (Å²) >= 11 is 3.19. The Bertz CT molecular complexity index is 224. The molecule has 11 heavy (non-hydrogen) atoms. The summed E-state index contributed by atoms with van der Waals surface area (Å²) in [6.45, 7) is 0.226. The number of halogens is 1. The average molecular weight is 217 g/mol. The lowest BCUT2D eigenvalue weighted by Gasteiger charge is -2.05. The SMILES string of the molecule is NC[C@@H](O)c1ccc(Br)nc1. The van der Waals surface area contributed by atoms with E-state index in [1.165, 1.54) is 0 Å². The number of hydrogen-bond donors (Lipinski definition) is 2. The Morgan fingerprint density at radius 3 is 2.82 bits per heavy atom. The summed E-state index contributed by atoms with van der Waals surface area (Å²) in [4.78, 5) is 3.95. The number of aromatic nitrogens is 1. The number of aliphatic hydroxyl groups is 1. The number of hydrogen-bond acceptors (Lipinski definition) is 3. The summed E-state index contributed by atoms with van der Waals surface area (Å²) < 4.78 is 0.755. The first kappa shape index (κ1) is 8.64. The minimum atomic E-state index is -0.601. The standard InChI is InChI=1S/C7H9BrN2O/c8-7-2-1-5(4-10-7)6(11)3-9/h1-2,4,6,11H,3,9H2/t6-/m1/s1. The van der Waals surface area contributed by atoms with E-state index in [0.29, 0.717) is 0 Å². The number of nitrogens with zero attached hydrogens (tertiary/aromatic N) is 1. The van der Waals surface area contributed by atoms with Crippen molar-refractivity contribution in [3.8, 4) is 0 Å². The fourth-order valence-electron chi connectivity index (χ4n) is 0.720. The lowest BCUT2D eigenvalue weighted by molar-refractivity contribution is 0.186. The average Bonchev–Trinajstić information content (AvgIpc) is 2.05. The number of pyridine rings is 1. The highest BCUT2D eigenvalue weighted by molar-refractivity contribution is 9.10. The molecule has 1 aromatic heterocycles. The zero-order valence-corrected chi connectivity index (χ0v) is 7.45. The van der Waals surface area contributed by atoms with E-state index in [-0.39, 0.29) is 6.54 Å². The van der Waals surface area contributed by atoms with Gasteiger partial charge in [-0.25, -0.2) is 4.98 Å². The van der Waals surface area contributed by atoms with Crippen LogP contribution in [-0.2, 0) is 0 Å². The zero-order chi connectivity index (χ0) is 8.27. The Morgan fingerprint density at radius 2 is 2.36 bits per heavy atom. The molecule has 0 fully saturated rings. The zero-order valence-electron chi connectivity index (χ0n) is 5.87. The number of aliphatic hydroxyl groups excluding tert-OH is 1. The molecule has 0 saturated carbocycles. The Balaban J connectivity index is 2.81. The van der Waals surface area contributed by atoms with Crippen molar-refractivity contribution in [3.63, 3.8) is 0 Å². The molecule has 60 valence electrons. The molecular formula is C7H9BrN2O. The molecule has 0 bridgehead atoms. The third kappa shape index (κ3) is 2.25. The van der Waals surface area contributed by atoms with Crippen LogP contribution in [-0.4, -0.2) is 16.6 Å². The van der Waals surface area contributed by atoms with Gasteiger partial charge in [0.15, 0.2) is 0 Å². The Hall–Kier alpha value is -0.450. The van der Waals surface area contributed by atoms with Gasteiger partial charge in [0.05, 0.1) is 6.10 Å². The fourth-order valence-corrected chi connectivity index (χ4v) is 0.955. The van der Waals surface area contributed by atoms with Gasteiger partial charge in [0.25, 0.3) is 0 Å². The summed E-state index contributed by atoms with van der Waals surface area (Å²) in [6.07, 6.45) is 0.998. The quantitative estimate of drug-likeness (QED) is 0.721. The molecule has 0 aromatic carbocycles. The van der Waals surface area contributed by atoms with Gasteiger partial charge < -0.3 is 10.8 Å². The molecule has 0 unspecified atom stereocenters.